The van der Waals surface area contributed by atoms with Gasteiger partial charge in [0.05, 0.1) is 5.25 Å². The third-order valence-corrected chi connectivity index (χ3v) is 5.51. The van der Waals surface area contributed by atoms with Gasteiger partial charge in [0.1, 0.15) is 0 Å². The molecule has 1 aliphatic heterocycles. The van der Waals surface area contributed by atoms with Crippen molar-refractivity contribution in [1.82, 2.24) is 10.0 Å². The molecular formula is C12H24N2O3S. The maximum absolute atomic E-state index is 12.0. The quantitative estimate of drug-likeness (QED) is 0.709. The zero-order valence-corrected chi connectivity index (χ0v) is 11.8. The van der Waals surface area contributed by atoms with Crippen LogP contribution >= 0.6 is 0 Å². The molecule has 1 saturated heterocycles. The molecule has 1 unspecified atom stereocenters. The molecule has 0 radical (unpaired) electrons. The Balaban J connectivity index is 1.70. The molecule has 0 aromatic carbocycles. The van der Waals surface area contributed by atoms with E-state index in [0.717, 1.165) is 26.1 Å². The summed E-state index contributed by atoms with van der Waals surface area (Å²) in [6, 6.07) is 0.554. The van der Waals surface area contributed by atoms with Crippen molar-refractivity contribution >= 4 is 10.0 Å². The Morgan fingerprint density at radius 3 is 2.50 bits per heavy atom. The second kappa shape index (κ2) is 6.32. The van der Waals surface area contributed by atoms with Crippen LogP contribution in [0.25, 0.3) is 0 Å². The number of hydrogen-bond acceptors (Lipinski definition) is 4. The molecule has 2 rings (SSSR count). The van der Waals surface area contributed by atoms with Gasteiger partial charge in [-0.05, 0) is 38.5 Å². The molecule has 0 spiro atoms. The van der Waals surface area contributed by atoms with Gasteiger partial charge in [-0.15, -0.1) is 0 Å². The number of sulfonamides is 1. The molecule has 2 fully saturated rings. The molecule has 0 bridgehead atoms. The number of rotatable bonds is 7. The Labute approximate surface area is 110 Å². The minimum atomic E-state index is -3.18. The molecule has 0 amide bonds. The largest absolute Gasteiger partial charge is 0.381 e. The first-order chi connectivity index (χ1) is 8.58. The van der Waals surface area contributed by atoms with E-state index in [1.54, 1.807) is 6.92 Å². The Kier molecular flexibility index (Phi) is 5.00. The number of hydrogen-bond donors (Lipinski definition) is 2. The van der Waals surface area contributed by atoms with Crippen molar-refractivity contribution in [1.29, 1.82) is 0 Å². The van der Waals surface area contributed by atoms with Crippen LogP contribution in [0.2, 0.25) is 0 Å². The predicted molar refractivity (Wildman–Crippen MR) is 71.0 cm³/mol. The molecule has 1 heterocycles. The van der Waals surface area contributed by atoms with E-state index in [-0.39, 0.29) is 5.25 Å². The standard InChI is InChI=1S/C12H24N2O3S/c1-10(8-13-12-2-3-12)18(15,16)14-9-11-4-6-17-7-5-11/h10-14H,2-9H2,1H3. The fourth-order valence-electron chi connectivity index (χ4n) is 2.06. The average Bonchev–Trinajstić information content (AvgIpc) is 3.19. The van der Waals surface area contributed by atoms with E-state index in [1.165, 1.54) is 12.8 Å². The fourth-order valence-corrected chi connectivity index (χ4v) is 3.12. The molecule has 18 heavy (non-hydrogen) atoms. The van der Waals surface area contributed by atoms with Crippen LogP contribution in [0, 0.1) is 5.92 Å². The summed E-state index contributed by atoms with van der Waals surface area (Å²) < 4.78 is 32.1. The summed E-state index contributed by atoms with van der Waals surface area (Å²) in [6.07, 6.45) is 4.28. The number of ether oxygens (including phenoxy) is 1. The van der Waals surface area contributed by atoms with Crippen molar-refractivity contribution < 1.29 is 13.2 Å². The van der Waals surface area contributed by atoms with Crippen LogP contribution in [-0.2, 0) is 14.8 Å². The van der Waals surface area contributed by atoms with Gasteiger partial charge >= 0.3 is 0 Å². The van der Waals surface area contributed by atoms with E-state index in [1.807, 2.05) is 0 Å². The fraction of sp³-hybridized carbons (Fsp3) is 1.00. The lowest BCUT2D eigenvalue weighted by molar-refractivity contribution is 0.0678. The van der Waals surface area contributed by atoms with Crippen molar-refractivity contribution in [3.63, 3.8) is 0 Å². The highest BCUT2D eigenvalue weighted by Gasteiger charge is 2.26. The molecule has 0 aromatic heterocycles. The first-order valence-electron chi connectivity index (χ1n) is 6.87. The molecular weight excluding hydrogens is 252 g/mol. The smallest absolute Gasteiger partial charge is 0.215 e. The second-order valence-corrected chi connectivity index (χ2v) is 7.63. The summed E-state index contributed by atoms with van der Waals surface area (Å²) in [5.74, 6) is 0.428. The maximum atomic E-state index is 12.0. The summed E-state index contributed by atoms with van der Waals surface area (Å²) in [4.78, 5) is 0. The van der Waals surface area contributed by atoms with Crippen molar-refractivity contribution in [3.8, 4) is 0 Å². The van der Waals surface area contributed by atoms with Gasteiger partial charge in [0, 0.05) is 32.3 Å². The van der Waals surface area contributed by atoms with E-state index < -0.39 is 10.0 Å². The van der Waals surface area contributed by atoms with Crippen LogP contribution in [0.4, 0.5) is 0 Å². The van der Waals surface area contributed by atoms with Gasteiger partial charge in [-0.25, -0.2) is 13.1 Å². The minimum absolute atomic E-state index is 0.363. The first kappa shape index (κ1) is 14.2. The summed E-state index contributed by atoms with van der Waals surface area (Å²) in [5.41, 5.74) is 0. The molecule has 106 valence electrons. The Bertz CT molecular complexity index is 348. The predicted octanol–water partition coefficient (Wildman–Crippen LogP) is 0.473. The number of nitrogens with one attached hydrogen (secondary N) is 2. The topological polar surface area (TPSA) is 67.4 Å². The van der Waals surface area contributed by atoms with Crippen LogP contribution in [0.15, 0.2) is 0 Å². The lowest BCUT2D eigenvalue weighted by atomic mass is 10.0. The Hall–Kier alpha value is -0.170. The molecule has 6 heteroatoms. The molecule has 1 aliphatic carbocycles. The van der Waals surface area contributed by atoms with Crippen LogP contribution in [-0.4, -0.2) is 46.0 Å². The van der Waals surface area contributed by atoms with Crippen LogP contribution < -0.4 is 10.0 Å². The maximum Gasteiger partial charge on any atom is 0.215 e. The third-order valence-electron chi connectivity index (χ3n) is 3.72. The zero-order chi connectivity index (χ0) is 13.0. The average molecular weight is 276 g/mol. The normalized spacial score (nSPS) is 24.1. The zero-order valence-electron chi connectivity index (χ0n) is 11.0. The van der Waals surface area contributed by atoms with Gasteiger partial charge in [0.2, 0.25) is 10.0 Å². The summed E-state index contributed by atoms with van der Waals surface area (Å²) in [6.45, 7) is 4.38. The van der Waals surface area contributed by atoms with Crippen molar-refractivity contribution in [2.75, 3.05) is 26.3 Å². The second-order valence-electron chi connectivity index (χ2n) is 5.44. The van der Waals surface area contributed by atoms with Crippen LogP contribution in [0.3, 0.4) is 0 Å². The van der Waals surface area contributed by atoms with Gasteiger partial charge in [0.25, 0.3) is 0 Å². The molecule has 0 aromatic rings. The van der Waals surface area contributed by atoms with Gasteiger partial charge in [0.15, 0.2) is 0 Å². The monoisotopic (exact) mass is 276 g/mol. The summed E-state index contributed by atoms with van der Waals surface area (Å²) in [5, 5.41) is 2.90. The summed E-state index contributed by atoms with van der Waals surface area (Å²) in [7, 11) is -3.18. The highest BCUT2D eigenvalue weighted by atomic mass is 32.2. The minimum Gasteiger partial charge on any atom is -0.381 e. The van der Waals surface area contributed by atoms with E-state index in [9.17, 15) is 8.42 Å². The van der Waals surface area contributed by atoms with E-state index >= 15 is 0 Å². The van der Waals surface area contributed by atoms with E-state index in [0.29, 0.717) is 25.0 Å². The van der Waals surface area contributed by atoms with Crippen molar-refractivity contribution in [3.05, 3.63) is 0 Å². The van der Waals surface area contributed by atoms with E-state index in [2.05, 4.69) is 10.0 Å². The van der Waals surface area contributed by atoms with Crippen molar-refractivity contribution in [2.24, 2.45) is 5.92 Å². The molecule has 1 atom stereocenters. The Morgan fingerprint density at radius 2 is 1.89 bits per heavy atom. The lowest BCUT2D eigenvalue weighted by Crippen LogP contribution is -2.41. The third kappa shape index (κ3) is 4.50. The highest BCUT2D eigenvalue weighted by Crippen LogP contribution is 2.19. The highest BCUT2D eigenvalue weighted by molar-refractivity contribution is 7.90. The Morgan fingerprint density at radius 1 is 1.22 bits per heavy atom. The van der Waals surface area contributed by atoms with Crippen molar-refractivity contribution in [2.45, 2.75) is 43.9 Å². The lowest BCUT2D eigenvalue weighted by Gasteiger charge is -2.23. The molecule has 2 N–H and O–H groups in total. The molecule has 5 nitrogen and oxygen atoms in total. The molecule has 1 saturated carbocycles. The molecule has 2 aliphatic rings. The van der Waals surface area contributed by atoms with Crippen LogP contribution in [0.5, 0.6) is 0 Å². The van der Waals surface area contributed by atoms with Gasteiger partial charge in [-0.1, -0.05) is 0 Å². The first-order valence-corrected chi connectivity index (χ1v) is 8.42. The van der Waals surface area contributed by atoms with Crippen LogP contribution in [0.1, 0.15) is 32.6 Å². The van der Waals surface area contributed by atoms with Gasteiger partial charge in [-0.2, -0.15) is 0 Å². The van der Waals surface area contributed by atoms with Gasteiger partial charge in [-0.3, -0.25) is 0 Å². The summed E-state index contributed by atoms with van der Waals surface area (Å²) >= 11 is 0. The van der Waals surface area contributed by atoms with E-state index in [4.69, 9.17) is 4.74 Å². The SMILES string of the molecule is CC(CNC1CC1)S(=O)(=O)NCC1CCOCC1. The van der Waals surface area contributed by atoms with Gasteiger partial charge < -0.3 is 10.1 Å².